The van der Waals surface area contributed by atoms with E-state index in [1.807, 2.05) is 19.1 Å². The van der Waals surface area contributed by atoms with Gasteiger partial charge in [-0.1, -0.05) is 0 Å². The highest BCUT2D eigenvalue weighted by Gasteiger charge is 2.48. The number of rotatable bonds is 5. The summed E-state index contributed by atoms with van der Waals surface area (Å²) in [6, 6.07) is 5.79. The van der Waals surface area contributed by atoms with Gasteiger partial charge >= 0.3 is 5.91 Å². The van der Waals surface area contributed by atoms with Crippen LogP contribution in [-0.2, 0) is 14.4 Å². The van der Waals surface area contributed by atoms with Crippen molar-refractivity contribution < 1.29 is 19.7 Å². The van der Waals surface area contributed by atoms with Gasteiger partial charge in [-0.15, -0.1) is 0 Å². The minimum Gasteiger partial charge on any atom is -0.354 e. The molecule has 31 heavy (non-hydrogen) atoms. The molecular weight excluding hydrogens is 394 g/mol. The third kappa shape index (κ3) is 3.74. The highest BCUT2D eigenvalue weighted by atomic mass is 16.2. The number of carbonyl (C=O) groups is 3. The zero-order chi connectivity index (χ0) is 21.5. The normalized spacial score (nSPS) is 18.6. The second-order valence-electron chi connectivity index (χ2n) is 8.40. The maximum Gasteiger partial charge on any atom is 0.336 e. The Hall–Kier alpha value is -3.39. The number of pyridine rings is 2. The van der Waals surface area contributed by atoms with Crippen molar-refractivity contribution in [1.82, 2.24) is 19.8 Å². The molecule has 3 aliphatic rings. The van der Waals surface area contributed by atoms with Gasteiger partial charge in [0.15, 0.2) is 0 Å². The van der Waals surface area contributed by atoms with Crippen molar-refractivity contribution in [3.05, 3.63) is 53.6 Å². The summed E-state index contributed by atoms with van der Waals surface area (Å²) >= 11 is 0. The van der Waals surface area contributed by atoms with Gasteiger partial charge in [-0.25, -0.2) is 15.1 Å². The Labute approximate surface area is 180 Å². The fraction of sp³-hybridized carbons (Fsp3) is 0.348. The Balaban J connectivity index is 1.26. The maximum atomic E-state index is 12.8. The number of quaternary nitrogens is 1. The molecule has 0 aromatic carbocycles. The fourth-order valence-electron chi connectivity index (χ4n) is 4.29. The summed E-state index contributed by atoms with van der Waals surface area (Å²) in [4.78, 5) is 49.9. The second kappa shape index (κ2) is 7.70. The van der Waals surface area contributed by atoms with E-state index >= 15 is 0 Å². The first kappa shape index (κ1) is 19.6. The van der Waals surface area contributed by atoms with Crippen molar-refractivity contribution in [2.75, 3.05) is 13.1 Å². The van der Waals surface area contributed by atoms with Crippen LogP contribution in [0.5, 0.6) is 0 Å². The van der Waals surface area contributed by atoms with Crippen molar-refractivity contribution in [2.45, 2.75) is 38.6 Å². The number of aromatic nitrogens is 2. The van der Waals surface area contributed by atoms with E-state index in [4.69, 9.17) is 0 Å². The van der Waals surface area contributed by atoms with Gasteiger partial charge in [-0.2, -0.15) is 0 Å². The number of hydrogen-bond acceptors (Lipinski definition) is 6. The molecule has 1 fully saturated rings. The molecule has 0 spiro atoms. The molecule has 2 aliphatic heterocycles. The Morgan fingerprint density at radius 3 is 2.68 bits per heavy atom. The number of primary amides is 1. The van der Waals surface area contributed by atoms with Crippen LogP contribution >= 0.6 is 0 Å². The lowest BCUT2D eigenvalue weighted by atomic mass is 10.0. The summed E-state index contributed by atoms with van der Waals surface area (Å²) in [5, 5.41) is 1.49. The first-order valence-electron chi connectivity index (χ1n) is 10.6. The molecule has 8 heteroatoms. The molecular formula is C23H24N5O3+. The van der Waals surface area contributed by atoms with Crippen molar-refractivity contribution in [1.29, 1.82) is 0 Å². The first-order chi connectivity index (χ1) is 15.0. The number of nitrogens with zero attached hydrogens (tertiary/aromatic N) is 4. The van der Waals surface area contributed by atoms with Crippen LogP contribution in [0.3, 0.4) is 0 Å². The van der Waals surface area contributed by atoms with Crippen LogP contribution in [0.15, 0.2) is 48.1 Å². The van der Waals surface area contributed by atoms with Crippen molar-refractivity contribution in [3.63, 3.8) is 0 Å². The van der Waals surface area contributed by atoms with Crippen molar-refractivity contribution in [3.8, 4) is 11.1 Å². The number of nitrogens with two attached hydrogens (primary N) is 1. The molecule has 158 valence electrons. The first-order valence-corrected chi connectivity index (χ1v) is 10.6. The van der Waals surface area contributed by atoms with E-state index < -0.39 is 0 Å². The van der Waals surface area contributed by atoms with Gasteiger partial charge in [0.05, 0.1) is 0 Å². The quantitative estimate of drug-likeness (QED) is 0.729. The van der Waals surface area contributed by atoms with Crippen LogP contribution in [0.2, 0.25) is 0 Å². The average molecular weight is 418 g/mol. The average Bonchev–Trinajstić information content (AvgIpc) is 3.55. The lowest BCUT2D eigenvalue weighted by molar-refractivity contribution is -0.487. The van der Waals surface area contributed by atoms with E-state index in [0.29, 0.717) is 30.1 Å². The molecule has 0 unspecified atom stereocenters. The van der Waals surface area contributed by atoms with E-state index in [1.165, 1.54) is 10.2 Å². The van der Waals surface area contributed by atoms with Gasteiger partial charge in [0.1, 0.15) is 12.2 Å². The lowest BCUT2D eigenvalue weighted by Crippen LogP contribution is -2.84. The fourth-order valence-corrected chi connectivity index (χ4v) is 4.29. The molecule has 1 aliphatic carbocycles. The van der Waals surface area contributed by atoms with Crippen LogP contribution in [0, 0.1) is 6.92 Å². The van der Waals surface area contributed by atoms with Gasteiger partial charge in [-0.3, -0.25) is 19.5 Å². The highest BCUT2D eigenvalue weighted by molar-refractivity contribution is 6.19. The largest absolute Gasteiger partial charge is 0.354 e. The van der Waals surface area contributed by atoms with Gasteiger partial charge in [0.25, 0.3) is 11.8 Å². The Bertz CT molecular complexity index is 1100. The number of aryl methyl sites for hydroxylation is 1. The molecule has 0 atom stereocenters. The summed E-state index contributed by atoms with van der Waals surface area (Å²) in [5.41, 5.74) is 3.98. The molecule has 0 bridgehead atoms. The Morgan fingerprint density at radius 1 is 1.13 bits per heavy atom. The molecule has 2 aromatic rings. The number of hydrogen-bond donors (Lipinski definition) is 1. The number of carbonyl (C=O) groups excluding carboxylic acids is 3. The summed E-state index contributed by atoms with van der Waals surface area (Å²) in [7, 11) is 0. The molecule has 1 saturated carbocycles. The standard InChI is InChI=1S/C23H23N5O3/c1-14-9-16(11-24-10-14)15-4-7-19(25-12-15)26-20(29)13-27-8-2-3-18-21(27)23(31)28(22(18)30)17-5-6-17/h4,7,9-12,17H,2-3,5-6,8,13H2,1H3,(H,25,26,29)/p+1. The topological polar surface area (TPSA) is 100 Å². The summed E-state index contributed by atoms with van der Waals surface area (Å²) in [6.07, 6.45) is 8.44. The predicted octanol–water partition coefficient (Wildman–Crippen LogP) is 1.05. The van der Waals surface area contributed by atoms with Crippen molar-refractivity contribution >= 4 is 23.5 Å². The third-order valence-electron chi connectivity index (χ3n) is 5.92. The summed E-state index contributed by atoms with van der Waals surface area (Å²) in [6.45, 7) is 2.66. The zero-order valence-electron chi connectivity index (χ0n) is 17.4. The van der Waals surface area contributed by atoms with E-state index in [0.717, 1.165) is 36.0 Å². The van der Waals surface area contributed by atoms with Crippen LogP contribution in [-0.4, -0.2) is 56.6 Å². The Kier molecular flexibility index (Phi) is 4.86. The molecule has 4 heterocycles. The minimum absolute atomic E-state index is 0.0426. The van der Waals surface area contributed by atoms with Gasteiger partial charge in [-0.05, 0) is 50.3 Å². The molecule has 8 nitrogen and oxygen atoms in total. The summed E-state index contributed by atoms with van der Waals surface area (Å²) in [5.74, 6) is 0.0288. The lowest BCUT2D eigenvalue weighted by Gasteiger charge is -2.27. The molecule has 0 saturated heterocycles. The third-order valence-corrected chi connectivity index (χ3v) is 5.92. The van der Waals surface area contributed by atoms with Crippen LogP contribution < -0.4 is 5.32 Å². The van der Waals surface area contributed by atoms with Crippen LogP contribution in [0.4, 0.5) is 5.82 Å². The number of imide groups is 1. The van der Waals surface area contributed by atoms with Gasteiger partial charge in [0.2, 0.25) is 5.82 Å². The molecule has 5 rings (SSSR count). The Morgan fingerprint density at radius 2 is 1.97 bits per heavy atom. The van der Waals surface area contributed by atoms with E-state index in [1.54, 1.807) is 29.6 Å². The van der Waals surface area contributed by atoms with Crippen molar-refractivity contribution in [2.24, 2.45) is 0 Å². The smallest absolute Gasteiger partial charge is 0.336 e. The van der Waals surface area contributed by atoms with Gasteiger partial charge in [0, 0.05) is 53.9 Å². The molecule has 3 amide bonds. The molecule has 2 aromatic heterocycles. The van der Waals surface area contributed by atoms with E-state index in [9.17, 15) is 14.4 Å². The highest BCUT2D eigenvalue weighted by Crippen LogP contribution is 2.38. The van der Waals surface area contributed by atoms with Crippen LogP contribution in [0.25, 0.3) is 11.1 Å². The second-order valence-corrected chi connectivity index (χ2v) is 8.40. The van der Waals surface area contributed by atoms with Crippen LogP contribution in [0.1, 0.15) is 31.2 Å². The van der Waals surface area contributed by atoms with E-state index in [-0.39, 0.29) is 30.3 Å². The minimum atomic E-state index is -0.232. The zero-order valence-corrected chi connectivity index (χ0v) is 17.4. The van der Waals surface area contributed by atoms with Gasteiger partial charge < -0.3 is 4.90 Å². The summed E-state index contributed by atoms with van der Waals surface area (Å²) < 4.78 is 0. The number of amides is 3. The molecule has 0 radical (unpaired) electrons. The predicted molar refractivity (Wildman–Crippen MR) is 112 cm³/mol. The molecule has 2 N–H and O–H groups in total. The monoisotopic (exact) mass is 418 g/mol. The SMILES string of the molecule is Cc1cncc(-c2ccc([NH2+]C(=O)CN3CCCC4=C3C(=O)N(C3CC3)C4=O)nc2)c1. The maximum absolute atomic E-state index is 12.8. The van der Waals surface area contributed by atoms with E-state index in [2.05, 4.69) is 9.97 Å².